The quantitative estimate of drug-likeness (QED) is 0.756. The van der Waals surface area contributed by atoms with Crippen LogP contribution in [0, 0.1) is 11.6 Å². The summed E-state index contributed by atoms with van der Waals surface area (Å²) in [6.07, 6.45) is 0. The van der Waals surface area contributed by atoms with Crippen LogP contribution in [0.4, 0.5) is 20.3 Å². The summed E-state index contributed by atoms with van der Waals surface area (Å²) in [5.74, 6) is -0.326. The third kappa shape index (κ3) is 2.74. The molecule has 0 aliphatic rings. The van der Waals surface area contributed by atoms with Crippen LogP contribution in [0.3, 0.4) is 0 Å². The average Bonchev–Trinajstić information content (AvgIpc) is 2.50. The Morgan fingerprint density at radius 1 is 0.955 bits per heavy atom. The first-order valence-electron chi connectivity index (χ1n) is 7.03. The van der Waals surface area contributed by atoms with Gasteiger partial charge >= 0.3 is 0 Å². The first-order chi connectivity index (χ1) is 10.5. The lowest BCUT2D eigenvalue weighted by atomic mass is 10.1. The molecule has 0 fully saturated rings. The first-order valence-corrected chi connectivity index (χ1v) is 7.03. The summed E-state index contributed by atoms with van der Waals surface area (Å²) < 4.78 is 26.4. The van der Waals surface area contributed by atoms with Gasteiger partial charge in [-0.25, -0.2) is 18.7 Å². The van der Waals surface area contributed by atoms with E-state index in [0.29, 0.717) is 17.3 Å². The number of fused-ring (bicyclic) bond motifs is 1. The molecule has 1 aromatic heterocycles. The van der Waals surface area contributed by atoms with E-state index < -0.39 is 11.6 Å². The summed E-state index contributed by atoms with van der Waals surface area (Å²) in [6, 6.07) is 11.3. The molecule has 5 heteroatoms. The molecule has 1 N–H and O–H groups in total. The van der Waals surface area contributed by atoms with Gasteiger partial charge in [-0.3, -0.25) is 0 Å². The molecule has 1 heterocycles. The molecule has 0 saturated carbocycles. The van der Waals surface area contributed by atoms with E-state index in [2.05, 4.69) is 15.3 Å². The number of nitrogens with one attached hydrogen (secondary N) is 1. The average molecular weight is 299 g/mol. The molecule has 3 rings (SSSR count). The molecule has 0 unspecified atom stereocenters. The van der Waals surface area contributed by atoms with Crippen molar-refractivity contribution in [3.05, 3.63) is 59.9 Å². The lowest BCUT2D eigenvalue weighted by Gasteiger charge is -2.12. The fraction of sp³-hybridized carbons (Fsp3) is 0.176. The molecule has 0 bridgehead atoms. The normalized spacial score (nSPS) is 11.1. The maximum atomic E-state index is 13.4. The number of benzene rings is 2. The van der Waals surface area contributed by atoms with E-state index in [9.17, 15) is 8.78 Å². The fourth-order valence-electron chi connectivity index (χ4n) is 2.16. The summed E-state index contributed by atoms with van der Waals surface area (Å²) in [4.78, 5) is 9.03. The van der Waals surface area contributed by atoms with Crippen molar-refractivity contribution in [1.82, 2.24) is 9.97 Å². The van der Waals surface area contributed by atoms with Crippen LogP contribution in [0.5, 0.6) is 0 Å². The van der Waals surface area contributed by atoms with Gasteiger partial charge in [0.1, 0.15) is 11.6 Å². The Kier molecular flexibility index (Phi) is 3.71. The Balaban J connectivity index is 2.10. The molecular weight excluding hydrogens is 284 g/mol. The SMILES string of the molecule is CC(C)c1nc(Nc2ccc(F)c(F)c2)c2ccccc2n1. The van der Waals surface area contributed by atoms with Crippen molar-refractivity contribution in [2.45, 2.75) is 19.8 Å². The molecule has 112 valence electrons. The predicted octanol–water partition coefficient (Wildman–Crippen LogP) is 4.78. The predicted molar refractivity (Wildman–Crippen MR) is 83.3 cm³/mol. The van der Waals surface area contributed by atoms with Gasteiger partial charge in [0.05, 0.1) is 5.52 Å². The van der Waals surface area contributed by atoms with E-state index in [1.54, 1.807) is 0 Å². The van der Waals surface area contributed by atoms with Crippen molar-refractivity contribution in [3.8, 4) is 0 Å². The van der Waals surface area contributed by atoms with Crippen molar-refractivity contribution in [1.29, 1.82) is 0 Å². The van der Waals surface area contributed by atoms with Crippen molar-refractivity contribution < 1.29 is 8.78 Å². The zero-order valence-electron chi connectivity index (χ0n) is 12.3. The summed E-state index contributed by atoms with van der Waals surface area (Å²) >= 11 is 0. The van der Waals surface area contributed by atoms with Gasteiger partial charge in [-0.05, 0) is 24.3 Å². The summed E-state index contributed by atoms with van der Waals surface area (Å²) in [7, 11) is 0. The zero-order valence-corrected chi connectivity index (χ0v) is 12.3. The van der Waals surface area contributed by atoms with Gasteiger partial charge in [-0.1, -0.05) is 26.0 Å². The number of hydrogen-bond acceptors (Lipinski definition) is 3. The molecule has 3 aromatic rings. The monoisotopic (exact) mass is 299 g/mol. The first kappa shape index (κ1) is 14.4. The molecule has 3 nitrogen and oxygen atoms in total. The minimum absolute atomic E-state index is 0.162. The third-order valence-electron chi connectivity index (χ3n) is 3.32. The van der Waals surface area contributed by atoms with E-state index in [-0.39, 0.29) is 5.92 Å². The maximum absolute atomic E-state index is 13.4. The number of hydrogen-bond donors (Lipinski definition) is 1. The molecule has 0 aliphatic carbocycles. The lowest BCUT2D eigenvalue weighted by molar-refractivity contribution is 0.509. The van der Waals surface area contributed by atoms with Crippen molar-refractivity contribution in [2.24, 2.45) is 0 Å². The Hall–Kier alpha value is -2.56. The molecule has 0 atom stereocenters. The molecule has 22 heavy (non-hydrogen) atoms. The van der Waals surface area contributed by atoms with Gasteiger partial charge in [0.25, 0.3) is 0 Å². The molecule has 0 spiro atoms. The van der Waals surface area contributed by atoms with Crippen LogP contribution in [0.25, 0.3) is 10.9 Å². The topological polar surface area (TPSA) is 37.8 Å². The Morgan fingerprint density at radius 3 is 2.45 bits per heavy atom. The standard InChI is InChI=1S/C17H15F2N3/c1-10(2)16-21-15-6-4-3-5-12(15)17(22-16)20-11-7-8-13(18)14(19)9-11/h3-10H,1-2H3,(H,20,21,22). The summed E-state index contributed by atoms with van der Waals surface area (Å²) in [5.41, 5.74) is 1.25. The molecular formula is C17H15F2N3. The Labute approximate surface area is 127 Å². The number of halogens is 2. The van der Waals surface area contributed by atoms with Gasteiger partial charge in [-0.2, -0.15) is 0 Å². The van der Waals surface area contributed by atoms with Crippen LogP contribution >= 0.6 is 0 Å². The van der Waals surface area contributed by atoms with Crippen LogP contribution in [0.1, 0.15) is 25.6 Å². The van der Waals surface area contributed by atoms with Gasteiger partial charge in [-0.15, -0.1) is 0 Å². The molecule has 0 radical (unpaired) electrons. The molecule has 0 aliphatic heterocycles. The number of nitrogens with zero attached hydrogens (tertiary/aromatic N) is 2. The fourth-order valence-corrected chi connectivity index (χ4v) is 2.16. The Morgan fingerprint density at radius 2 is 1.73 bits per heavy atom. The minimum atomic E-state index is -0.896. The van der Waals surface area contributed by atoms with Crippen molar-refractivity contribution in [2.75, 3.05) is 5.32 Å². The van der Waals surface area contributed by atoms with Gasteiger partial charge < -0.3 is 5.32 Å². The van der Waals surface area contributed by atoms with E-state index in [0.717, 1.165) is 23.0 Å². The van der Waals surface area contributed by atoms with Crippen LogP contribution in [-0.2, 0) is 0 Å². The molecule has 0 amide bonds. The van der Waals surface area contributed by atoms with Crippen molar-refractivity contribution >= 4 is 22.4 Å². The number of rotatable bonds is 3. The van der Waals surface area contributed by atoms with Gasteiger partial charge in [0.15, 0.2) is 11.6 Å². The second-order valence-corrected chi connectivity index (χ2v) is 5.36. The van der Waals surface area contributed by atoms with Crippen molar-refractivity contribution in [3.63, 3.8) is 0 Å². The van der Waals surface area contributed by atoms with E-state index in [4.69, 9.17) is 0 Å². The highest BCUT2D eigenvalue weighted by Gasteiger charge is 2.11. The maximum Gasteiger partial charge on any atom is 0.160 e. The number of aromatic nitrogens is 2. The third-order valence-corrected chi connectivity index (χ3v) is 3.32. The second-order valence-electron chi connectivity index (χ2n) is 5.36. The molecule has 0 saturated heterocycles. The van der Waals surface area contributed by atoms with Crippen LogP contribution in [0.2, 0.25) is 0 Å². The van der Waals surface area contributed by atoms with Crippen LogP contribution in [0.15, 0.2) is 42.5 Å². The van der Waals surface area contributed by atoms with E-state index >= 15 is 0 Å². The summed E-state index contributed by atoms with van der Waals surface area (Å²) in [5, 5.41) is 3.88. The Bertz CT molecular complexity index is 831. The highest BCUT2D eigenvalue weighted by Crippen LogP contribution is 2.26. The van der Waals surface area contributed by atoms with Gasteiger partial charge in [0.2, 0.25) is 0 Å². The van der Waals surface area contributed by atoms with Crippen LogP contribution < -0.4 is 5.32 Å². The molecule has 2 aromatic carbocycles. The minimum Gasteiger partial charge on any atom is -0.340 e. The van der Waals surface area contributed by atoms with E-state index in [1.165, 1.54) is 6.07 Å². The smallest absolute Gasteiger partial charge is 0.160 e. The highest BCUT2D eigenvalue weighted by atomic mass is 19.2. The van der Waals surface area contributed by atoms with E-state index in [1.807, 2.05) is 38.1 Å². The van der Waals surface area contributed by atoms with Crippen LogP contribution in [-0.4, -0.2) is 9.97 Å². The lowest BCUT2D eigenvalue weighted by Crippen LogP contribution is -2.03. The highest BCUT2D eigenvalue weighted by molar-refractivity contribution is 5.90. The number of anilines is 2. The van der Waals surface area contributed by atoms with Gasteiger partial charge in [0, 0.05) is 23.1 Å². The number of para-hydroxylation sites is 1. The second kappa shape index (κ2) is 5.67. The summed E-state index contributed by atoms with van der Waals surface area (Å²) in [6.45, 7) is 4.01. The largest absolute Gasteiger partial charge is 0.340 e. The zero-order chi connectivity index (χ0) is 15.7.